The minimum Gasteiger partial charge on any atom is -0.469 e. The van der Waals surface area contributed by atoms with Gasteiger partial charge in [0.15, 0.2) is 0 Å². The third-order valence-corrected chi connectivity index (χ3v) is 5.10. The van der Waals surface area contributed by atoms with E-state index in [-0.39, 0.29) is 13.0 Å². The van der Waals surface area contributed by atoms with Crippen molar-refractivity contribution in [2.24, 2.45) is 0 Å². The molecule has 0 radical (unpaired) electrons. The van der Waals surface area contributed by atoms with Gasteiger partial charge in [-0.15, -0.1) is 0 Å². The molecular weight excluding hydrogens is 300 g/mol. The van der Waals surface area contributed by atoms with Crippen LogP contribution >= 0.6 is 11.8 Å². The molecule has 20 heavy (non-hydrogen) atoms. The number of nitrogens with one attached hydrogen (secondary N) is 1. The zero-order valence-corrected chi connectivity index (χ0v) is 14.2. The number of hydrogen-bond donors (Lipinski definition) is 1. The fourth-order valence-electron chi connectivity index (χ4n) is 1.51. The fraction of sp³-hybridized carbons (Fsp3) is 0.917. The summed E-state index contributed by atoms with van der Waals surface area (Å²) in [5, 5.41) is 0. The van der Waals surface area contributed by atoms with Crippen molar-refractivity contribution in [2.45, 2.75) is 32.1 Å². The molecule has 0 saturated carbocycles. The van der Waals surface area contributed by atoms with Crippen LogP contribution in [-0.2, 0) is 19.7 Å². The Morgan fingerprint density at radius 2 is 1.90 bits per heavy atom. The highest BCUT2D eigenvalue weighted by molar-refractivity contribution is 7.98. The van der Waals surface area contributed by atoms with E-state index >= 15 is 0 Å². The van der Waals surface area contributed by atoms with E-state index in [2.05, 4.69) is 15.7 Å². The first kappa shape index (κ1) is 19.7. The molecule has 0 spiro atoms. The second-order valence-corrected chi connectivity index (χ2v) is 7.30. The van der Waals surface area contributed by atoms with E-state index in [1.807, 2.05) is 11.8 Å². The lowest BCUT2D eigenvalue weighted by molar-refractivity contribution is -0.140. The maximum absolute atomic E-state index is 11.8. The Kier molecular flexibility index (Phi) is 11.2. The third-order valence-electron chi connectivity index (χ3n) is 2.83. The van der Waals surface area contributed by atoms with Crippen LogP contribution in [0.5, 0.6) is 0 Å². The van der Waals surface area contributed by atoms with E-state index in [1.54, 1.807) is 0 Å². The number of carbonyl (C=O) groups is 1. The molecule has 0 unspecified atom stereocenters. The molecule has 120 valence electrons. The monoisotopic (exact) mass is 326 g/mol. The maximum atomic E-state index is 11.8. The van der Waals surface area contributed by atoms with Gasteiger partial charge in [-0.3, -0.25) is 4.79 Å². The molecule has 0 aromatic rings. The zero-order chi connectivity index (χ0) is 15.4. The number of unbranched alkanes of at least 4 members (excludes halogenated alkanes) is 3. The molecular formula is C12H26N2O4S2. The first-order chi connectivity index (χ1) is 9.44. The number of hydrogen-bond acceptors (Lipinski definition) is 5. The van der Waals surface area contributed by atoms with Gasteiger partial charge in [-0.1, -0.05) is 12.8 Å². The lowest BCUT2D eigenvalue weighted by Crippen LogP contribution is -2.39. The normalized spacial score (nSPS) is 11.8. The standard InChI is InChI=1S/C12H26N2O4S2/c1-14(10-8-12(15)18-2)20(16,17)13-9-6-4-5-7-11-19-3/h13H,4-11H2,1-3H3. The second kappa shape index (κ2) is 11.4. The van der Waals surface area contributed by atoms with Gasteiger partial charge in [-0.2, -0.15) is 24.5 Å². The summed E-state index contributed by atoms with van der Waals surface area (Å²) in [6.07, 6.45) is 6.29. The van der Waals surface area contributed by atoms with Gasteiger partial charge in [0.2, 0.25) is 0 Å². The quantitative estimate of drug-likeness (QED) is 0.431. The summed E-state index contributed by atoms with van der Waals surface area (Å²) in [4.78, 5) is 11.0. The highest BCUT2D eigenvalue weighted by Crippen LogP contribution is 2.04. The molecule has 0 aromatic heterocycles. The van der Waals surface area contributed by atoms with Gasteiger partial charge < -0.3 is 4.74 Å². The van der Waals surface area contributed by atoms with Crippen LogP contribution in [0.3, 0.4) is 0 Å². The highest BCUT2D eigenvalue weighted by Gasteiger charge is 2.17. The average Bonchev–Trinajstić information content (AvgIpc) is 2.43. The Hall–Kier alpha value is -0.310. The summed E-state index contributed by atoms with van der Waals surface area (Å²) in [6.45, 7) is 0.555. The SMILES string of the molecule is COC(=O)CCN(C)S(=O)(=O)NCCCCCCSC. The Balaban J connectivity index is 3.80. The molecule has 0 aliphatic heterocycles. The smallest absolute Gasteiger partial charge is 0.306 e. The van der Waals surface area contributed by atoms with Gasteiger partial charge in [-0.25, -0.2) is 4.72 Å². The molecule has 0 fully saturated rings. The number of thioether (sulfide) groups is 1. The third kappa shape index (κ3) is 9.57. The number of esters is 1. The fourth-order valence-corrected chi connectivity index (χ4v) is 2.95. The lowest BCUT2D eigenvalue weighted by Gasteiger charge is -2.17. The average molecular weight is 326 g/mol. The minimum absolute atomic E-state index is 0.0581. The van der Waals surface area contributed by atoms with Gasteiger partial charge in [0.25, 0.3) is 10.2 Å². The van der Waals surface area contributed by atoms with Crippen molar-refractivity contribution in [1.82, 2.24) is 9.03 Å². The largest absolute Gasteiger partial charge is 0.469 e. The van der Waals surface area contributed by atoms with Crippen LogP contribution in [0, 0.1) is 0 Å². The molecule has 1 N–H and O–H groups in total. The van der Waals surface area contributed by atoms with Crippen molar-refractivity contribution in [1.29, 1.82) is 0 Å². The zero-order valence-electron chi connectivity index (χ0n) is 12.6. The van der Waals surface area contributed by atoms with E-state index in [4.69, 9.17) is 0 Å². The predicted molar refractivity (Wildman–Crippen MR) is 83.0 cm³/mol. The molecule has 0 heterocycles. The number of nitrogens with zero attached hydrogens (tertiary/aromatic N) is 1. The molecule has 0 aliphatic rings. The second-order valence-electron chi connectivity index (χ2n) is 4.45. The molecule has 0 aliphatic carbocycles. The van der Waals surface area contributed by atoms with E-state index in [9.17, 15) is 13.2 Å². The summed E-state index contributed by atoms with van der Waals surface area (Å²) in [5.41, 5.74) is 0. The van der Waals surface area contributed by atoms with Gasteiger partial charge >= 0.3 is 5.97 Å². The summed E-state index contributed by atoms with van der Waals surface area (Å²) < 4.78 is 31.8. The van der Waals surface area contributed by atoms with E-state index in [1.165, 1.54) is 20.6 Å². The number of methoxy groups -OCH3 is 1. The minimum atomic E-state index is -3.49. The van der Waals surface area contributed by atoms with Crippen LogP contribution in [0.25, 0.3) is 0 Å². The summed E-state index contributed by atoms with van der Waals surface area (Å²) >= 11 is 1.83. The summed E-state index contributed by atoms with van der Waals surface area (Å²) in [5.74, 6) is 0.739. The molecule has 0 atom stereocenters. The van der Waals surface area contributed by atoms with Crippen LogP contribution in [0.1, 0.15) is 32.1 Å². The van der Waals surface area contributed by atoms with Crippen molar-refractivity contribution >= 4 is 27.9 Å². The van der Waals surface area contributed by atoms with Gasteiger partial charge in [0.1, 0.15) is 0 Å². The van der Waals surface area contributed by atoms with Gasteiger partial charge in [0.05, 0.1) is 13.5 Å². The molecule has 0 saturated heterocycles. The molecule has 0 bridgehead atoms. The van der Waals surface area contributed by atoms with E-state index in [0.29, 0.717) is 6.54 Å². The number of rotatable bonds is 12. The van der Waals surface area contributed by atoms with E-state index < -0.39 is 16.2 Å². The first-order valence-corrected chi connectivity index (χ1v) is 9.54. The van der Waals surface area contributed by atoms with Gasteiger partial charge in [0, 0.05) is 20.1 Å². The van der Waals surface area contributed by atoms with Crippen molar-refractivity contribution in [3.8, 4) is 0 Å². The van der Waals surface area contributed by atoms with E-state index in [0.717, 1.165) is 29.3 Å². The Labute approximate surface area is 126 Å². The van der Waals surface area contributed by atoms with Crippen LogP contribution < -0.4 is 4.72 Å². The molecule has 6 nitrogen and oxygen atoms in total. The van der Waals surface area contributed by atoms with Crippen LogP contribution in [0.15, 0.2) is 0 Å². The topological polar surface area (TPSA) is 75.7 Å². The predicted octanol–water partition coefficient (Wildman–Crippen LogP) is 1.24. The maximum Gasteiger partial charge on any atom is 0.306 e. The van der Waals surface area contributed by atoms with Crippen LogP contribution in [0.4, 0.5) is 0 Å². The van der Waals surface area contributed by atoms with Crippen molar-refractivity contribution in [3.63, 3.8) is 0 Å². The van der Waals surface area contributed by atoms with Crippen molar-refractivity contribution in [2.75, 3.05) is 39.3 Å². The Morgan fingerprint density at radius 1 is 1.25 bits per heavy atom. The number of carbonyl (C=O) groups excluding carboxylic acids is 1. The Bertz CT molecular complexity index is 360. The Morgan fingerprint density at radius 3 is 2.50 bits per heavy atom. The highest BCUT2D eigenvalue weighted by atomic mass is 32.2. The summed E-state index contributed by atoms with van der Waals surface area (Å²) in [6, 6.07) is 0. The van der Waals surface area contributed by atoms with Gasteiger partial charge in [-0.05, 0) is 24.9 Å². The van der Waals surface area contributed by atoms with Crippen molar-refractivity contribution in [3.05, 3.63) is 0 Å². The molecule has 0 aromatic carbocycles. The van der Waals surface area contributed by atoms with Crippen LogP contribution in [0.2, 0.25) is 0 Å². The van der Waals surface area contributed by atoms with Crippen molar-refractivity contribution < 1.29 is 17.9 Å². The summed E-state index contributed by atoms with van der Waals surface area (Å²) in [7, 11) is -0.758. The molecule has 0 amide bonds. The first-order valence-electron chi connectivity index (χ1n) is 6.70. The lowest BCUT2D eigenvalue weighted by atomic mass is 10.2. The number of ether oxygens (including phenoxy) is 1. The van der Waals surface area contributed by atoms with Crippen LogP contribution in [-0.4, -0.2) is 57.9 Å². The molecule has 8 heteroatoms. The molecule has 0 rings (SSSR count).